The fourth-order valence-corrected chi connectivity index (χ4v) is 2.62. The smallest absolute Gasteiger partial charge is 0.0762 e. The molecule has 0 aliphatic carbocycles. The van der Waals surface area contributed by atoms with Crippen molar-refractivity contribution in [2.75, 3.05) is 5.75 Å². The fourth-order valence-electron chi connectivity index (χ4n) is 1.75. The van der Waals surface area contributed by atoms with E-state index in [9.17, 15) is 0 Å². The Bertz CT molecular complexity index is 514. The van der Waals surface area contributed by atoms with Crippen LogP contribution in [0.4, 0.5) is 0 Å². The lowest BCUT2D eigenvalue weighted by atomic mass is 10.1. The average molecular weight is 289 g/mol. The van der Waals surface area contributed by atoms with Crippen LogP contribution in [0, 0.1) is 0 Å². The van der Waals surface area contributed by atoms with Crippen molar-refractivity contribution < 1.29 is 0 Å². The summed E-state index contributed by atoms with van der Waals surface area (Å²) >= 11 is 1.87. The maximum absolute atomic E-state index is 4.59. The third kappa shape index (κ3) is 5.39. The molecule has 0 spiro atoms. The number of aromatic nitrogens is 2. The van der Waals surface area contributed by atoms with Gasteiger partial charge in [-0.1, -0.05) is 18.2 Å². The number of thioether (sulfide) groups is 1. The van der Waals surface area contributed by atoms with E-state index in [4.69, 9.17) is 0 Å². The van der Waals surface area contributed by atoms with E-state index in [1.54, 1.807) is 0 Å². The topological polar surface area (TPSA) is 29.9 Å². The van der Waals surface area contributed by atoms with E-state index in [0.29, 0.717) is 0 Å². The highest BCUT2D eigenvalue weighted by Gasteiger charge is 2.09. The van der Waals surface area contributed by atoms with Crippen LogP contribution in [0.15, 0.2) is 47.5 Å². The molecule has 0 aliphatic rings. The van der Waals surface area contributed by atoms with Crippen molar-refractivity contribution in [2.45, 2.75) is 44.3 Å². The molecule has 0 saturated heterocycles. The van der Waals surface area contributed by atoms with Crippen LogP contribution in [0.2, 0.25) is 0 Å². The minimum atomic E-state index is 0.132. The number of hydrogen-bond donors (Lipinski definition) is 1. The molecule has 0 amide bonds. The van der Waals surface area contributed by atoms with E-state index in [1.807, 2.05) is 22.5 Å². The van der Waals surface area contributed by atoms with Gasteiger partial charge in [0.1, 0.15) is 0 Å². The van der Waals surface area contributed by atoms with Gasteiger partial charge in [-0.25, -0.2) is 0 Å². The van der Waals surface area contributed by atoms with Crippen molar-refractivity contribution >= 4 is 11.8 Å². The Labute approximate surface area is 125 Å². The molecular formula is C16H23N3S. The van der Waals surface area contributed by atoms with E-state index in [2.05, 4.69) is 67.7 Å². The molecule has 3 nitrogen and oxygen atoms in total. The molecule has 0 bridgehead atoms. The van der Waals surface area contributed by atoms with Crippen LogP contribution in [-0.2, 0) is 13.1 Å². The first-order chi connectivity index (χ1) is 9.53. The Morgan fingerprint density at radius 1 is 1.15 bits per heavy atom. The van der Waals surface area contributed by atoms with Crippen LogP contribution in [-0.4, -0.2) is 21.1 Å². The molecule has 1 aromatic carbocycles. The van der Waals surface area contributed by atoms with Gasteiger partial charge in [-0.2, -0.15) is 5.10 Å². The molecule has 20 heavy (non-hydrogen) atoms. The summed E-state index contributed by atoms with van der Waals surface area (Å²) in [6.07, 6.45) is 2.06. The lowest BCUT2D eigenvalue weighted by molar-refractivity contribution is 0.419. The van der Waals surface area contributed by atoms with Gasteiger partial charge in [0, 0.05) is 28.9 Å². The van der Waals surface area contributed by atoms with Crippen LogP contribution in [0.5, 0.6) is 0 Å². The number of benzene rings is 1. The Morgan fingerprint density at radius 2 is 1.90 bits per heavy atom. The Balaban J connectivity index is 1.75. The molecule has 2 aromatic rings. The highest BCUT2D eigenvalue weighted by atomic mass is 32.2. The number of nitrogens with zero attached hydrogens (tertiary/aromatic N) is 2. The monoisotopic (exact) mass is 289 g/mol. The highest BCUT2D eigenvalue weighted by molar-refractivity contribution is 7.99. The summed E-state index contributed by atoms with van der Waals surface area (Å²) in [5.41, 5.74) is 1.23. The predicted octanol–water partition coefficient (Wildman–Crippen LogP) is 3.56. The second-order valence-electron chi connectivity index (χ2n) is 5.84. The predicted molar refractivity (Wildman–Crippen MR) is 86.0 cm³/mol. The number of rotatable bonds is 6. The van der Waals surface area contributed by atoms with Gasteiger partial charge >= 0.3 is 0 Å². The Hall–Kier alpha value is -1.26. The normalized spacial score (nSPS) is 11.8. The zero-order valence-corrected chi connectivity index (χ0v) is 13.3. The molecule has 2 rings (SSSR count). The van der Waals surface area contributed by atoms with Gasteiger partial charge in [0.05, 0.1) is 12.2 Å². The Kier molecular flexibility index (Phi) is 5.26. The third-order valence-electron chi connectivity index (χ3n) is 2.83. The summed E-state index contributed by atoms with van der Waals surface area (Å²) in [5.74, 6) is 1.04. The molecule has 108 valence electrons. The summed E-state index contributed by atoms with van der Waals surface area (Å²) in [5, 5.41) is 8.04. The third-order valence-corrected chi connectivity index (χ3v) is 3.82. The SMILES string of the molecule is CC(C)(C)NCc1ccn(CCSc2ccccc2)n1. The van der Waals surface area contributed by atoms with Crippen LogP contribution in [0.1, 0.15) is 26.5 Å². The molecule has 0 fully saturated rings. The van der Waals surface area contributed by atoms with Crippen LogP contribution < -0.4 is 5.32 Å². The van der Waals surface area contributed by atoms with Crippen molar-refractivity contribution in [1.29, 1.82) is 0 Å². The maximum Gasteiger partial charge on any atom is 0.0762 e. The summed E-state index contributed by atoms with van der Waals surface area (Å²) in [6, 6.07) is 12.6. The zero-order valence-electron chi connectivity index (χ0n) is 12.5. The van der Waals surface area contributed by atoms with E-state index < -0.39 is 0 Å². The zero-order chi connectivity index (χ0) is 14.4. The van der Waals surface area contributed by atoms with Crippen molar-refractivity contribution in [3.05, 3.63) is 48.3 Å². The van der Waals surface area contributed by atoms with Gasteiger partial charge in [0.15, 0.2) is 0 Å². The summed E-state index contributed by atoms with van der Waals surface area (Å²) < 4.78 is 2.02. The largest absolute Gasteiger partial charge is 0.306 e. The number of nitrogens with one attached hydrogen (secondary N) is 1. The molecule has 0 radical (unpaired) electrons. The molecule has 1 N–H and O–H groups in total. The lowest BCUT2D eigenvalue weighted by Gasteiger charge is -2.19. The molecule has 0 atom stereocenters. The van der Waals surface area contributed by atoms with Gasteiger partial charge in [0.2, 0.25) is 0 Å². The molecule has 0 saturated carbocycles. The van der Waals surface area contributed by atoms with Crippen LogP contribution in [0.3, 0.4) is 0 Å². The van der Waals surface area contributed by atoms with Gasteiger partial charge in [-0.3, -0.25) is 4.68 Å². The second kappa shape index (κ2) is 6.95. The standard InChI is InChI=1S/C16H23N3S/c1-16(2,3)17-13-14-9-10-19(18-14)11-12-20-15-7-5-4-6-8-15/h4-10,17H,11-13H2,1-3H3. The van der Waals surface area contributed by atoms with Crippen LogP contribution in [0.25, 0.3) is 0 Å². The Morgan fingerprint density at radius 3 is 2.60 bits per heavy atom. The van der Waals surface area contributed by atoms with Crippen LogP contribution >= 0.6 is 11.8 Å². The first kappa shape index (κ1) is 15.1. The van der Waals surface area contributed by atoms with Crippen molar-refractivity contribution in [3.63, 3.8) is 0 Å². The number of aryl methyl sites for hydroxylation is 1. The minimum Gasteiger partial charge on any atom is -0.306 e. The van der Waals surface area contributed by atoms with Gasteiger partial charge < -0.3 is 5.32 Å². The van der Waals surface area contributed by atoms with Gasteiger partial charge in [-0.15, -0.1) is 11.8 Å². The number of hydrogen-bond acceptors (Lipinski definition) is 3. The van der Waals surface area contributed by atoms with Crippen molar-refractivity contribution in [1.82, 2.24) is 15.1 Å². The molecular weight excluding hydrogens is 266 g/mol. The minimum absolute atomic E-state index is 0.132. The lowest BCUT2D eigenvalue weighted by Crippen LogP contribution is -2.35. The van der Waals surface area contributed by atoms with Crippen molar-refractivity contribution in [2.24, 2.45) is 0 Å². The highest BCUT2D eigenvalue weighted by Crippen LogP contribution is 2.16. The first-order valence-electron chi connectivity index (χ1n) is 6.98. The summed E-state index contributed by atoms with van der Waals surface area (Å²) in [4.78, 5) is 1.31. The second-order valence-corrected chi connectivity index (χ2v) is 7.00. The van der Waals surface area contributed by atoms with E-state index >= 15 is 0 Å². The van der Waals surface area contributed by atoms with Gasteiger partial charge in [-0.05, 0) is 39.0 Å². The molecule has 1 aromatic heterocycles. The summed E-state index contributed by atoms with van der Waals surface area (Å²) in [6.45, 7) is 8.26. The molecule has 0 aliphatic heterocycles. The average Bonchev–Trinajstić information content (AvgIpc) is 2.85. The van der Waals surface area contributed by atoms with E-state index in [1.165, 1.54) is 4.90 Å². The fraction of sp³-hybridized carbons (Fsp3) is 0.438. The molecule has 0 unspecified atom stereocenters. The molecule has 4 heteroatoms. The van der Waals surface area contributed by atoms with E-state index in [-0.39, 0.29) is 5.54 Å². The van der Waals surface area contributed by atoms with E-state index in [0.717, 1.165) is 24.5 Å². The maximum atomic E-state index is 4.59. The van der Waals surface area contributed by atoms with Gasteiger partial charge in [0.25, 0.3) is 0 Å². The first-order valence-corrected chi connectivity index (χ1v) is 7.97. The summed E-state index contributed by atoms with van der Waals surface area (Å²) in [7, 11) is 0. The molecule has 1 heterocycles. The quantitative estimate of drug-likeness (QED) is 0.825. The van der Waals surface area contributed by atoms with Crippen molar-refractivity contribution in [3.8, 4) is 0 Å².